The minimum absolute atomic E-state index is 0.112. The molecule has 1 aliphatic rings. The first kappa shape index (κ1) is 21.0. The van der Waals surface area contributed by atoms with E-state index in [4.69, 9.17) is 9.97 Å². The first-order chi connectivity index (χ1) is 15.0. The third-order valence-corrected chi connectivity index (χ3v) is 5.94. The molecule has 2 aromatic heterocycles. The molecule has 2 atom stereocenters. The van der Waals surface area contributed by atoms with E-state index in [-0.39, 0.29) is 11.8 Å². The fourth-order valence-corrected chi connectivity index (χ4v) is 4.29. The zero-order valence-corrected chi connectivity index (χ0v) is 18.4. The normalized spacial score (nSPS) is 18.6. The van der Waals surface area contributed by atoms with Crippen molar-refractivity contribution in [3.63, 3.8) is 0 Å². The van der Waals surface area contributed by atoms with E-state index < -0.39 is 0 Å². The van der Waals surface area contributed by atoms with Crippen molar-refractivity contribution in [2.45, 2.75) is 52.0 Å². The molecule has 3 heterocycles. The van der Waals surface area contributed by atoms with Gasteiger partial charge in [-0.05, 0) is 56.0 Å². The maximum absolute atomic E-state index is 12.2. The van der Waals surface area contributed by atoms with Crippen molar-refractivity contribution in [3.05, 3.63) is 66.2 Å². The van der Waals surface area contributed by atoms with Crippen molar-refractivity contribution in [1.82, 2.24) is 19.9 Å². The molecule has 1 aliphatic heterocycles. The van der Waals surface area contributed by atoms with Gasteiger partial charge in [-0.15, -0.1) is 0 Å². The summed E-state index contributed by atoms with van der Waals surface area (Å²) in [5, 5.41) is 3.44. The molecule has 6 heteroatoms. The summed E-state index contributed by atoms with van der Waals surface area (Å²) in [7, 11) is 0. The van der Waals surface area contributed by atoms with Crippen LogP contribution in [0.3, 0.4) is 0 Å². The lowest BCUT2D eigenvalue weighted by atomic mass is 9.90. The van der Waals surface area contributed by atoms with E-state index in [0.717, 1.165) is 47.8 Å². The summed E-state index contributed by atoms with van der Waals surface area (Å²) in [4.78, 5) is 28.3. The van der Waals surface area contributed by atoms with Crippen LogP contribution in [0, 0.1) is 6.92 Å². The summed E-state index contributed by atoms with van der Waals surface area (Å²) in [5.74, 6) is 1.76. The summed E-state index contributed by atoms with van der Waals surface area (Å²) in [5.41, 5.74) is 3.95. The van der Waals surface area contributed by atoms with E-state index in [1.54, 1.807) is 13.1 Å². The second-order valence-electron chi connectivity index (χ2n) is 8.24. The third-order valence-electron chi connectivity index (χ3n) is 5.94. The fourth-order valence-electron chi connectivity index (χ4n) is 4.29. The third kappa shape index (κ3) is 4.90. The number of nitrogens with one attached hydrogen (secondary N) is 1. The Labute approximate surface area is 183 Å². The lowest BCUT2D eigenvalue weighted by Crippen LogP contribution is -2.45. The van der Waals surface area contributed by atoms with Crippen molar-refractivity contribution in [2.24, 2.45) is 0 Å². The summed E-state index contributed by atoms with van der Waals surface area (Å²) >= 11 is 0. The number of benzene rings is 1. The van der Waals surface area contributed by atoms with E-state index in [9.17, 15) is 4.79 Å². The van der Waals surface area contributed by atoms with E-state index in [1.165, 1.54) is 5.56 Å². The lowest BCUT2D eigenvalue weighted by Gasteiger charge is -2.38. The molecular weight excluding hydrogens is 386 g/mol. The molecule has 1 amide bonds. The van der Waals surface area contributed by atoms with Gasteiger partial charge < -0.3 is 10.2 Å². The largest absolute Gasteiger partial charge is 0.340 e. The molecule has 0 bridgehead atoms. The van der Waals surface area contributed by atoms with Gasteiger partial charge in [-0.3, -0.25) is 9.78 Å². The molecule has 0 saturated carbocycles. The van der Waals surface area contributed by atoms with Crippen LogP contribution in [0.4, 0.5) is 11.5 Å². The highest BCUT2D eigenvalue weighted by Gasteiger charge is 2.31. The Morgan fingerprint density at radius 2 is 2.03 bits per heavy atom. The van der Waals surface area contributed by atoms with Crippen LogP contribution in [-0.2, 0) is 4.79 Å². The van der Waals surface area contributed by atoms with Crippen LogP contribution < -0.4 is 5.32 Å². The molecular formula is C25H29N5O. The maximum Gasteiger partial charge on any atom is 0.219 e. The number of amides is 1. The van der Waals surface area contributed by atoms with E-state index in [0.29, 0.717) is 12.6 Å². The molecule has 3 aromatic rings. The molecule has 1 fully saturated rings. The van der Waals surface area contributed by atoms with Gasteiger partial charge >= 0.3 is 0 Å². The Hall–Kier alpha value is -3.28. The van der Waals surface area contributed by atoms with Gasteiger partial charge in [0.05, 0.1) is 5.69 Å². The maximum atomic E-state index is 12.2. The molecule has 1 saturated heterocycles. The topological polar surface area (TPSA) is 71.0 Å². The molecule has 0 aliphatic carbocycles. The Morgan fingerprint density at radius 3 is 2.74 bits per heavy atom. The standard InChI is InChI=1S/C25H29N5O/c1-4-22-11-10-20(16-30(22)18(3)31)25-28-23(19-8-6-12-26-15-19)14-24(29-25)27-21-9-5-7-17(2)13-21/h5-9,12-15,20,22H,4,10-11,16H2,1-3H3,(H,27,28,29)/t20-,22+/m1/s1. The number of anilines is 2. The number of hydrogen-bond acceptors (Lipinski definition) is 5. The minimum atomic E-state index is 0.112. The average Bonchev–Trinajstić information content (AvgIpc) is 2.79. The summed E-state index contributed by atoms with van der Waals surface area (Å²) < 4.78 is 0. The number of rotatable bonds is 5. The van der Waals surface area contributed by atoms with Gasteiger partial charge in [0, 0.05) is 55.1 Å². The van der Waals surface area contributed by atoms with Gasteiger partial charge in [-0.25, -0.2) is 9.97 Å². The summed E-state index contributed by atoms with van der Waals surface area (Å²) in [6.45, 7) is 6.53. The van der Waals surface area contributed by atoms with Crippen molar-refractivity contribution in [3.8, 4) is 11.3 Å². The Morgan fingerprint density at radius 1 is 1.16 bits per heavy atom. The highest BCUT2D eigenvalue weighted by Crippen LogP contribution is 2.32. The van der Waals surface area contributed by atoms with Crippen molar-refractivity contribution < 1.29 is 4.79 Å². The first-order valence-electron chi connectivity index (χ1n) is 10.9. The number of pyridine rings is 1. The van der Waals surface area contributed by atoms with E-state index >= 15 is 0 Å². The Kier molecular flexibility index (Phi) is 6.26. The highest BCUT2D eigenvalue weighted by molar-refractivity contribution is 5.74. The highest BCUT2D eigenvalue weighted by atomic mass is 16.2. The molecule has 4 rings (SSSR count). The zero-order chi connectivity index (χ0) is 21.8. The molecule has 1 N–H and O–H groups in total. The number of carbonyl (C=O) groups is 1. The quantitative estimate of drug-likeness (QED) is 0.628. The van der Waals surface area contributed by atoms with Crippen LogP contribution in [0.1, 0.15) is 50.4 Å². The monoisotopic (exact) mass is 415 g/mol. The van der Waals surface area contributed by atoms with Gasteiger partial charge in [0.2, 0.25) is 5.91 Å². The second-order valence-corrected chi connectivity index (χ2v) is 8.24. The van der Waals surface area contributed by atoms with Crippen LogP contribution in [0.2, 0.25) is 0 Å². The summed E-state index contributed by atoms with van der Waals surface area (Å²) in [6, 6.07) is 14.4. The van der Waals surface area contributed by atoms with Gasteiger partial charge in [-0.2, -0.15) is 0 Å². The molecule has 1 aromatic carbocycles. The van der Waals surface area contributed by atoms with Gasteiger partial charge in [0.25, 0.3) is 0 Å². The average molecular weight is 416 g/mol. The predicted molar refractivity (Wildman–Crippen MR) is 123 cm³/mol. The molecule has 6 nitrogen and oxygen atoms in total. The first-order valence-corrected chi connectivity index (χ1v) is 10.9. The number of likely N-dealkylation sites (tertiary alicyclic amines) is 1. The SMILES string of the molecule is CC[C@H]1CC[C@@H](c2nc(Nc3cccc(C)c3)cc(-c3cccnc3)n2)CN1C(C)=O. The van der Waals surface area contributed by atoms with E-state index in [1.807, 2.05) is 41.4 Å². The number of carbonyl (C=O) groups excluding carboxylic acids is 1. The molecule has 31 heavy (non-hydrogen) atoms. The molecule has 160 valence electrons. The predicted octanol–water partition coefficient (Wildman–Crippen LogP) is 5.10. The van der Waals surface area contributed by atoms with Crippen LogP contribution in [-0.4, -0.2) is 38.3 Å². The Balaban J connectivity index is 1.70. The summed E-state index contributed by atoms with van der Waals surface area (Å²) in [6.07, 6.45) is 6.50. The smallest absolute Gasteiger partial charge is 0.219 e. The lowest BCUT2D eigenvalue weighted by molar-refractivity contribution is -0.133. The van der Waals surface area contributed by atoms with E-state index in [2.05, 4.69) is 36.3 Å². The van der Waals surface area contributed by atoms with Crippen molar-refractivity contribution >= 4 is 17.4 Å². The Bertz CT molecular complexity index is 1050. The van der Waals surface area contributed by atoms with Crippen LogP contribution in [0.25, 0.3) is 11.3 Å². The van der Waals surface area contributed by atoms with Gasteiger partial charge in [0.1, 0.15) is 11.6 Å². The van der Waals surface area contributed by atoms with Gasteiger partial charge in [-0.1, -0.05) is 19.1 Å². The molecule has 0 unspecified atom stereocenters. The second kappa shape index (κ2) is 9.25. The minimum Gasteiger partial charge on any atom is -0.340 e. The molecule has 0 radical (unpaired) electrons. The van der Waals surface area contributed by atoms with Gasteiger partial charge in [0.15, 0.2) is 0 Å². The zero-order valence-electron chi connectivity index (χ0n) is 18.4. The number of piperidine rings is 1. The van der Waals surface area contributed by atoms with Crippen LogP contribution in [0.15, 0.2) is 54.9 Å². The number of hydrogen-bond donors (Lipinski definition) is 1. The number of aryl methyl sites for hydroxylation is 1. The van der Waals surface area contributed by atoms with Crippen LogP contribution in [0.5, 0.6) is 0 Å². The van der Waals surface area contributed by atoms with Crippen molar-refractivity contribution in [2.75, 3.05) is 11.9 Å². The van der Waals surface area contributed by atoms with Crippen LogP contribution >= 0.6 is 0 Å². The number of nitrogens with zero attached hydrogens (tertiary/aromatic N) is 4. The molecule has 0 spiro atoms. The number of aromatic nitrogens is 3. The fraction of sp³-hybridized carbons (Fsp3) is 0.360. The van der Waals surface area contributed by atoms with Crippen molar-refractivity contribution in [1.29, 1.82) is 0 Å².